The van der Waals surface area contributed by atoms with Crippen molar-refractivity contribution in [1.82, 2.24) is 25.8 Å². The molecule has 1 saturated carbocycles. The Morgan fingerprint density at radius 3 is 2.33 bits per heavy atom. The zero-order valence-corrected chi connectivity index (χ0v) is 25.1. The maximum Gasteiger partial charge on any atom is 0.255 e. The fraction of sp³-hybridized carbons (Fsp3) is 0.143. The van der Waals surface area contributed by atoms with Crippen molar-refractivity contribution in [2.24, 2.45) is 0 Å². The van der Waals surface area contributed by atoms with Gasteiger partial charge >= 0.3 is 0 Å². The van der Waals surface area contributed by atoms with E-state index in [1.165, 1.54) is 12.1 Å². The van der Waals surface area contributed by atoms with E-state index in [1.807, 2.05) is 43.3 Å². The summed E-state index contributed by atoms with van der Waals surface area (Å²) in [6, 6.07) is 24.2. The Kier molecular flexibility index (Phi) is 6.97. The van der Waals surface area contributed by atoms with Crippen molar-refractivity contribution in [1.29, 1.82) is 0 Å². The summed E-state index contributed by atoms with van der Waals surface area (Å²) in [5, 5.41) is 14.5. The van der Waals surface area contributed by atoms with Crippen molar-refractivity contribution in [3.05, 3.63) is 118 Å². The number of carbonyl (C=O) groups excluding carboxylic acids is 2. The van der Waals surface area contributed by atoms with Crippen LogP contribution in [0.2, 0.25) is 5.02 Å². The third-order valence-electron chi connectivity index (χ3n) is 8.20. The van der Waals surface area contributed by atoms with Gasteiger partial charge in [0.05, 0.1) is 11.1 Å². The second-order valence-electron chi connectivity index (χ2n) is 11.2. The lowest BCUT2D eigenvalue weighted by Crippen LogP contribution is -2.35. The molecule has 6 aromatic rings. The molecule has 224 valence electrons. The van der Waals surface area contributed by atoms with Crippen LogP contribution in [-0.4, -0.2) is 34.0 Å². The summed E-state index contributed by atoms with van der Waals surface area (Å²) >= 11 is 6.02. The molecule has 10 heteroatoms. The summed E-state index contributed by atoms with van der Waals surface area (Å²) in [6.45, 7) is 1.97. The first-order valence-corrected chi connectivity index (χ1v) is 14.8. The molecule has 1 aliphatic carbocycles. The molecule has 0 atom stereocenters. The van der Waals surface area contributed by atoms with Crippen LogP contribution in [0.3, 0.4) is 0 Å². The smallest absolute Gasteiger partial charge is 0.255 e. The predicted molar refractivity (Wildman–Crippen MR) is 170 cm³/mol. The molecule has 0 spiro atoms. The van der Waals surface area contributed by atoms with Gasteiger partial charge in [-0.15, -0.1) is 0 Å². The Hall–Kier alpha value is -5.28. The molecule has 8 nitrogen and oxygen atoms in total. The monoisotopic (exact) mass is 619 g/mol. The molecule has 2 heterocycles. The van der Waals surface area contributed by atoms with E-state index in [1.54, 1.807) is 43.4 Å². The number of amides is 2. The Morgan fingerprint density at radius 1 is 0.911 bits per heavy atom. The average Bonchev–Trinajstić information content (AvgIpc) is 3.47. The van der Waals surface area contributed by atoms with Crippen molar-refractivity contribution in [3.8, 4) is 33.8 Å². The first-order valence-electron chi connectivity index (χ1n) is 14.4. The van der Waals surface area contributed by atoms with Crippen LogP contribution >= 0.6 is 11.6 Å². The molecule has 0 unspecified atom stereocenters. The predicted octanol–water partition coefficient (Wildman–Crippen LogP) is 7.43. The zero-order valence-electron chi connectivity index (χ0n) is 24.4. The van der Waals surface area contributed by atoms with Crippen LogP contribution < -0.4 is 10.6 Å². The molecule has 0 radical (unpaired) electrons. The molecule has 0 saturated heterocycles. The maximum atomic E-state index is 13.6. The molecule has 45 heavy (non-hydrogen) atoms. The van der Waals surface area contributed by atoms with Gasteiger partial charge in [0.2, 0.25) is 0 Å². The van der Waals surface area contributed by atoms with Crippen molar-refractivity contribution in [3.63, 3.8) is 0 Å². The van der Waals surface area contributed by atoms with Gasteiger partial charge in [0.1, 0.15) is 17.2 Å². The number of nitrogens with zero attached hydrogens (tertiary/aromatic N) is 2. The quantitative estimate of drug-likeness (QED) is 0.172. The van der Waals surface area contributed by atoms with Gasteiger partial charge in [-0.2, -0.15) is 5.10 Å². The zero-order chi connectivity index (χ0) is 31.3. The van der Waals surface area contributed by atoms with Gasteiger partial charge in [-0.05, 0) is 109 Å². The summed E-state index contributed by atoms with van der Waals surface area (Å²) in [7, 11) is 1.55. The lowest BCUT2D eigenvalue weighted by molar-refractivity contribution is 0.0927. The lowest BCUT2D eigenvalue weighted by atomic mass is 9.95. The van der Waals surface area contributed by atoms with Gasteiger partial charge in [-0.1, -0.05) is 23.7 Å². The summed E-state index contributed by atoms with van der Waals surface area (Å²) in [5.74, 6) is 0.566. The van der Waals surface area contributed by atoms with Crippen LogP contribution in [0, 0.1) is 12.7 Å². The summed E-state index contributed by atoms with van der Waals surface area (Å²) in [4.78, 5) is 31.3. The average molecular weight is 620 g/mol. The number of aromatic nitrogens is 3. The SMILES string of the molecule is CNC(=O)c1c(-c2ccc(F)cc2)oc2ccc(-c3cc(C(=O)NC4(c5nc(-c6ccc(Cl)cc6)n[nH]5)CC4)ccc3C)cc12. The number of nitrogens with one attached hydrogen (secondary N) is 3. The number of furan rings is 1. The van der Waals surface area contributed by atoms with Crippen LogP contribution in [0.15, 0.2) is 89.3 Å². The van der Waals surface area contributed by atoms with Crippen molar-refractivity contribution in [2.45, 2.75) is 25.3 Å². The van der Waals surface area contributed by atoms with Gasteiger partial charge in [-0.3, -0.25) is 14.7 Å². The molecule has 1 fully saturated rings. The fourth-order valence-corrected chi connectivity index (χ4v) is 5.66. The number of halogens is 2. The Balaban J connectivity index is 1.20. The van der Waals surface area contributed by atoms with E-state index in [9.17, 15) is 14.0 Å². The van der Waals surface area contributed by atoms with Crippen molar-refractivity contribution < 1.29 is 18.4 Å². The number of benzene rings is 4. The van der Waals surface area contributed by atoms with E-state index < -0.39 is 5.54 Å². The normalized spacial score (nSPS) is 13.5. The second-order valence-corrected chi connectivity index (χ2v) is 11.6. The summed E-state index contributed by atoms with van der Waals surface area (Å²) < 4.78 is 19.7. The molecular formula is C35H27ClFN5O3. The number of aryl methyl sites for hydroxylation is 1. The molecule has 7 rings (SSSR count). The first kappa shape index (κ1) is 28.5. The van der Waals surface area contributed by atoms with E-state index >= 15 is 0 Å². The number of fused-ring (bicyclic) bond motifs is 1. The molecule has 1 aliphatic rings. The number of hydrogen-bond donors (Lipinski definition) is 3. The minimum atomic E-state index is -0.616. The maximum absolute atomic E-state index is 13.6. The van der Waals surface area contributed by atoms with Crippen LogP contribution in [0.5, 0.6) is 0 Å². The van der Waals surface area contributed by atoms with E-state index in [-0.39, 0.29) is 17.6 Å². The highest BCUT2D eigenvalue weighted by atomic mass is 35.5. The van der Waals surface area contributed by atoms with Gasteiger partial charge in [0.25, 0.3) is 11.8 Å². The van der Waals surface area contributed by atoms with Crippen LogP contribution in [-0.2, 0) is 5.54 Å². The first-order chi connectivity index (χ1) is 21.7. The van der Waals surface area contributed by atoms with Gasteiger partial charge in [0.15, 0.2) is 11.6 Å². The number of rotatable bonds is 7. The number of hydrogen-bond acceptors (Lipinski definition) is 5. The highest BCUT2D eigenvalue weighted by molar-refractivity contribution is 6.30. The summed E-state index contributed by atoms with van der Waals surface area (Å²) in [5.41, 5.74) is 4.77. The van der Waals surface area contributed by atoms with Crippen LogP contribution in [0.1, 0.15) is 44.9 Å². The van der Waals surface area contributed by atoms with Crippen molar-refractivity contribution >= 4 is 34.4 Å². The third-order valence-corrected chi connectivity index (χ3v) is 8.46. The second kappa shape index (κ2) is 11.0. The number of H-pyrrole nitrogens is 1. The van der Waals surface area contributed by atoms with Crippen molar-refractivity contribution in [2.75, 3.05) is 7.05 Å². The highest BCUT2D eigenvalue weighted by Gasteiger charge is 2.49. The number of aromatic amines is 1. The minimum Gasteiger partial charge on any atom is -0.455 e. The van der Waals surface area contributed by atoms with E-state index in [4.69, 9.17) is 16.0 Å². The van der Waals surface area contributed by atoms with E-state index in [0.29, 0.717) is 50.1 Å². The lowest BCUT2D eigenvalue weighted by Gasteiger charge is -2.16. The third kappa shape index (κ3) is 5.25. The number of carbonyl (C=O) groups is 2. The molecule has 4 aromatic carbocycles. The Labute approximate surface area is 262 Å². The fourth-order valence-electron chi connectivity index (χ4n) is 5.53. The van der Waals surface area contributed by atoms with Crippen LogP contribution in [0.4, 0.5) is 4.39 Å². The van der Waals surface area contributed by atoms with Crippen LogP contribution in [0.25, 0.3) is 44.8 Å². The molecule has 2 amide bonds. The minimum absolute atomic E-state index is 0.229. The standard InChI is InChI=1S/C35H27ClFN5O3/c1-19-3-4-23(32(43)40-35(15-16-35)34-39-31(41-42-34)21-5-10-24(36)11-6-21)18-26(19)22-9-14-28-27(17-22)29(33(44)38-2)30(45-28)20-7-12-25(37)13-8-20/h3-14,17-18H,15-16H2,1-2H3,(H,38,44)(H,40,43)(H,39,41,42). The molecule has 2 aromatic heterocycles. The Morgan fingerprint density at radius 2 is 1.62 bits per heavy atom. The Bertz CT molecular complexity index is 2100. The van der Waals surface area contributed by atoms with Gasteiger partial charge < -0.3 is 15.1 Å². The molecule has 0 aliphatic heterocycles. The van der Waals surface area contributed by atoms with Gasteiger partial charge in [-0.25, -0.2) is 9.37 Å². The molecular weight excluding hydrogens is 593 g/mol. The van der Waals surface area contributed by atoms with E-state index in [2.05, 4.69) is 25.8 Å². The molecule has 0 bridgehead atoms. The molecule has 3 N–H and O–H groups in total. The highest BCUT2D eigenvalue weighted by Crippen LogP contribution is 2.44. The topological polar surface area (TPSA) is 113 Å². The summed E-state index contributed by atoms with van der Waals surface area (Å²) in [6.07, 6.45) is 1.48. The van der Waals surface area contributed by atoms with E-state index in [0.717, 1.165) is 35.1 Å². The van der Waals surface area contributed by atoms with Gasteiger partial charge in [0, 0.05) is 34.1 Å². The largest absolute Gasteiger partial charge is 0.455 e.